The quantitative estimate of drug-likeness (QED) is 0.253. The number of hydrogen-bond donors (Lipinski definition) is 0. The predicted molar refractivity (Wildman–Crippen MR) is 97.8 cm³/mol. The fraction of sp³-hybridized carbons (Fsp3) is 0.273. The highest BCUT2D eigenvalue weighted by Gasteiger charge is 2.14. The van der Waals surface area contributed by atoms with E-state index in [-0.39, 0.29) is 23.2 Å². The molecule has 0 spiro atoms. The molecule has 0 unspecified atom stereocenters. The molecule has 0 radical (unpaired) electrons. The molecule has 142 valence electrons. The van der Waals surface area contributed by atoms with Crippen LogP contribution in [0, 0.1) is 23.3 Å². The monoisotopic (exact) mass is 376 g/mol. The molecule has 5 heteroatoms. The van der Waals surface area contributed by atoms with Gasteiger partial charge < -0.3 is 4.74 Å². The number of benzene rings is 3. The van der Waals surface area contributed by atoms with Gasteiger partial charge in [0.05, 0.1) is 0 Å². The maximum absolute atomic E-state index is 14.2. The topological polar surface area (TPSA) is 9.23 Å². The fourth-order valence-corrected chi connectivity index (χ4v) is 2.98. The highest BCUT2D eigenvalue weighted by Crippen LogP contribution is 2.27. The number of rotatable bonds is 7. The summed E-state index contributed by atoms with van der Waals surface area (Å²) in [5.74, 6) is -4.02. The second-order valence-corrected chi connectivity index (χ2v) is 6.54. The van der Waals surface area contributed by atoms with E-state index in [1.165, 1.54) is 24.3 Å². The van der Waals surface area contributed by atoms with E-state index in [1.807, 2.05) is 6.07 Å². The molecular weight excluding hydrogens is 356 g/mol. The summed E-state index contributed by atoms with van der Waals surface area (Å²) in [4.78, 5) is 0. The van der Waals surface area contributed by atoms with Gasteiger partial charge in [-0.1, -0.05) is 31.9 Å². The van der Waals surface area contributed by atoms with Gasteiger partial charge in [0.2, 0.25) is 0 Å². The predicted octanol–water partition coefficient (Wildman–Crippen LogP) is 6.71. The molecule has 3 rings (SSSR count). The molecule has 0 aliphatic carbocycles. The van der Waals surface area contributed by atoms with Gasteiger partial charge in [0.15, 0.2) is 17.5 Å². The van der Waals surface area contributed by atoms with E-state index in [9.17, 15) is 17.6 Å². The van der Waals surface area contributed by atoms with Crippen molar-refractivity contribution in [3.63, 3.8) is 0 Å². The normalized spacial score (nSPS) is 11.1. The first-order valence-corrected chi connectivity index (χ1v) is 8.97. The number of aryl methyl sites for hydroxylation is 1. The largest absolute Gasteiger partial charge is 0.489 e. The molecule has 0 saturated carbocycles. The van der Waals surface area contributed by atoms with Crippen LogP contribution in [0.15, 0.2) is 42.5 Å². The second kappa shape index (κ2) is 8.42. The molecule has 0 aliphatic heterocycles. The van der Waals surface area contributed by atoms with Gasteiger partial charge in [-0.2, -0.15) is 0 Å². The molecule has 0 fully saturated rings. The van der Waals surface area contributed by atoms with Crippen molar-refractivity contribution in [2.24, 2.45) is 0 Å². The van der Waals surface area contributed by atoms with Crippen molar-refractivity contribution in [3.8, 4) is 5.75 Å². The Balaban J connectivity index is 1.72. The molecule has 0 saturated heterocycles. The summed E-state index contributed by atoms with van der Waals surface area (Å²) in [6.45, 7) is 2.10. The van der Waals surface area contributed by atoms with Crippen molar-refractivity contribution >= 4 is 10.8 Å². The average molecular weight is 376 g/mol. The summed E-state index contributed by atoms with van der Waals surface area (Å²) in [6.07, 6.45) is 4.08. The summed E-state index contributed by atoms with van der Waals surface area (Å²) in [5.41, 5.74) is 1.34. The zero-order chi connectivity index (χ0) is 19.4. The van der Waals surface area contributed by atoms with Crippen molar-refractivity contribution in [3.05, 3.63) is 76.9 Å². The average Bonchev–Trinajstić information content (AvgIpc) is 2.65. The Bertz CT molecular complexity index is 953. The highest BCUT2D eigenvalue weighted by atomic mass is 19.2. The van der Waals surface area contributed by atoms with Crippen LogP contribution < -0.4 is 4.74 Å². The van der Waals surface area contributed by atoms with Crippen LogP contribution >= 0.6 is 0 Å². The SMILES string of the molecule is CCCCCc1ccc(COc2ccc3c(F)c(F)c(F)cc3c2)c(F)c1. The van der Waals surface area contributed by atoms with Gasteiger partial charge >= 0.3 is 0 Å². The van der Waals surface area contributed by atoms with Gasteiger partial charge in [0.25, 0.3) is 0 Å². The lowest BCUT2D eigenvalue weighted by Crippen LogP contribution is -2.00. The van der Waals surface area contributed by atoms with Crippen molar-refractivity contribution < 1.29 is 22.3 Å². The Morgan fingerprint density at radius 1 is 0.815 bits per heavy atom. The maximum Gasteiger partial charge on any atom is 0.195 e. The molecule has 27 heavy (non-hydrogen) atoms. The standard InChI is InChI=1S/C22H20F4O/c1-2-3-4-5-14-6-7-15(19(23)10-14)13-27-17-8-9-18-16(11-17)12-20(24)22(26)21(18)25/h6-12H,2-5,13H2,1H3. The van der Waals surface area contributed by atoms with Crippen LogP contribution in [-0.4, -0.2) is 0 Å². The Labute approximate surface area is 155 Å². The van der Waals surface area contributed by atoms with E-state index in [1.54, 1.807) is 6.07 Å². The zero-order valence-corrected chi connectivity index (χ0v) is 15.0. The summed E-state index contributed by atoms with van der Waals surface area (Å²) in [7, 11) is 0. The molecule has 0 atom stereocenters. The van der Waals surface area contributed by atoms with Gasteiger partial charge in [-0.25, -0.2) is 17.6 Å². The minimum Gasteiger partial charge on any atom is -0.489 e. The Morgan fingerprint density at radius 3 is 2.37 bits per heavy atom. The third kappa shape index (κ3) is 4.41. The lowest BCUT2D eigenvalue weighted by molar-refractivity contribution is 0.300. The maximum atomic E-state index is 14.2. The Kier molecular flexibility index (Phi) is 5.99. The number of ether oxygens (including phenoxy) is 1. The third-order valence-corrected chi connectivity index (χ3v) is 4.52. The zero-order valence-electron chi connectivity index (χ0n) is 15.0. The second-order valence-electron chi connectivity index (χ2n) is 6.54. The molecule has 0 aliphatic rings. The summed E-state index contributed by atoms with van der Waals surface area (Å²) in [6, 6.07) is 10.2. The third-order valence-electron chi connectivity index (χ3n) is 4.52. The molecule has 0 amide bonds. The highest BCUT2D eigenvalue weighted by molar-refractivity contribution is 5.84. The van der Waals surface area contributed by atoms with Gasteiger partial charge in [-0.15, -0.1) is 0 Å². The molecule has 0 heterocycles. The smallest absolute Gasteiger partial charge is 0.195 e. The van der Waals surface area contributed by atoms with E-state index in [0.29, 0.717) is 11.3 Å². The molecule has 0 bridgehead atoms. The van der Waals surface area contributed by atoms with Crippen LogP contribution in [0.5, 0.6) is 5.75 Å². The van der Waals surface area contributed by atoms with E-state index < -0.39 is 17.5 Å². The first-order valence-electron chi connectivity index (χ1n) is 8.97. The van der Waals surface area contributed by atoms with Crippen molar-refractivity contribution in [1.82, 2.24) is 0 Å². The van der Waals surface area contributed by atoms with Crippen molar-refractivity contribution in [1.29, 1.82) is 0 Å². The van der Waals surface area contributed by atoms with Gasteiger partial charge in [0.1, 0.15) is 18.2 Å². The Morgan fingerprint density at radius 2 is 1.63 bits per heavy atom. The van der Waals surface area contributed by atoms with E-state index in [2.05, 4.69) is 6.92 Å². The molecule has 1 nitrogen and oxygen atoms in total. The van der Waals surface area contributed by atoms with Crippen molar-refractivity contribution in [2.75, 3.05) is 0 Å². The number of unbranched alkanes of at least 4 members (excludes halogenated alkanes) is 2. The molecule has 3 aromatic carbocycles. The number of halogens is 4. The molecule has 0 N–H and O–H groups in total. The van der Waals surface area contributed by atoms with Gasteiger partial charge in [-0.05, 0) is 54.1 Å². The van der Waals surface area contributed by atoms with Crippen LogP contribution in [0.25, 0.3) is 10.8 Å². The van der Waals surface area contributed by atoms with Crippen LogP contribution in [0.1, 0.15) is 37.3 Å². The Hall–Kier alpha value is -2.56. The van der Waals surface area contributed by atoms with E-state index in [4.69, 9.17) is 4.74 Å². The lowest BCUT2D eigenvalue weighted by Gasteiger charge is -2.10. The van der Waals surface area contributed by atoms with Crippen LogP contribution in [0.3, 0.4) is 0 Å². The van der Waals surface area contributed by atoms with E-state index >= 15 is 0 Å². The summed E-state index contributed by atoms with van der Waals surface area (Å²) >= 11 is 0. The molecule has 0 aromatic heterocycles. The summed E-state index contributed by atoms with van der Waals surface area (Å²) in [5, 5.41) is 0.138. The van der Waals surface area contributed by atoms with Crippen molar-refractivity contribution in [2.45, 2.75) is 39.2 Å². The first-order chi connectivity index (χ1) is 13.0. The van der Waals surface area contributed by atoms with E-state index in [0.717, 1.165) is 37.3 Å². The number of fused-ring (bicyclic) bond motifs is 1. The van der Waals surface area contributed by atoms with Crippen LogP contribution in [-0.2, 0) is 13.0 Å². The first kappa shape index (κ1) is 19.2. The van der Waals surface area contributed by atoms with Gasteiger partial charge in [0, 0.05) is 10.9 Å². The fourth-order valence-electron chi connectivity index (χ4n) is 2.98. The lowest BCUT2D eigenvalue weighted by atomic mass is 10.1. The minimum atomic E-state index is -1.50. The number of hydrogen-bond acceptors (Lipinski definition) is 1. The van der Waals surface area contributed by atoms with Gasteiger partial charge in [-0.3, -0.25) is 0 Å². The van der Waals surface area contributed by atoms with Crippen LogP contribution in [0.2, 0.25) is 0 Å². The summed E-state index contributed by atoms with van der Waals surface area (Å²) < 4.78 is 60.2. The molecular formula is C22H20F4O. The van der Waals surface area contributed by atoms with Crippen LogP contribution in [0.4, 0.5) is 17.6 Å². The minimum absolute atomic E-state index is 0.0151. The molecule has 3 aromatic rings.